The number of fused-ring (bicyclic) bond motifs is 1. The van der Waals surface area contributed by atoms with Crippen molar-refractivity contribution in [2.75, 3.05) is 0 Å². The van der Waals surface area contributed by atoms with Gasteiger partial charge in [-0.15, -0.1) is 0 Å². The van der Waals surface area contributed by atoms with Crippen molar-refractivity contribution >= 4 is 15.9 Å². The highest BCUT2D eigenvalue weighted by atomic mass is 79.9. The van der Waals surface area contributed by atoms with Gasteiger partial charge >= 0.3 is 0 Å². The maximum absolute atomic E-state index is 6.35. The summed E-state index contributed by atoms with van der Waals surface area (Å²) in [6.07, 6.45) is 9.39. The summed E-state index contributed by atoms with van der Waals surface area (Å²) in [5.41, 5.74) is 7.50. The van der Waals surface area contributed by atoms with Gasteiger partial charge in [0.15, 0.2) is 0 Å². The summed E-state index contributed by atoms with van der Waals surface area (Å²) in [7, 11) is 0. The highest BCUT2D eigenvalue weighted by Gasteiger charge is 2.32. The molecule has 0 spiro atoms. The third kappa shape index (κ3) is 2.97. The van der Waals surface area contributed by atoms with E-state index in [9.17, 15) is 0 Å². The molecule has 1 aromatic carbocycles. The van der Waals surface area contributed by atoms with Gasteiger partial charge in [-0.1, -0.05) is 41.6 Å². The average Bonchev–Trinajstić information content (AvgIpc) is 2.68. The zero-order chi connectivity index (χ0) is 13.2. The Morgan fingerprint density at radius 2 is 1.84 bits per heavy atom. The topological polar surface area (TPSA) is 35.2 Å². The van der Waals surface area contributed by atoms with Crippen LogP contribution in [0.2, 0.25) is 0 Å². The minimum atomic E-state index is 0.120. The van der Waals surface area contributed by atoms with Crippen LogP contribution in [0.1, 0.15) is 56.6 Å². The van der Waals surface area contributed by atoms with Crippen LogP contribution in [-0.4, -0.2) is 6.10 Å². The Kier molecular flexibility index (Phi) is 4.13. The quantitative estimate of drug-likeness (QED) is 0.768. The van der Waals surface area contributed by atoms with Crippen molar-refractivity contribution in [3.63, 3.8) is 0 Å². The summed E-state index contributed by atoms with van der Waals surface area (Å²) in [4.78, 5) is 0. The number of rotatable bonds is 1. The van der Waals surface area contributed by atoms with Crippen LogP contribution >= 0.6 is 15.9 Å². The monoisotopic (exact) mass is 323 g/mol. The van der Waals surface area contributed by atoms with Gasteiger partial charge in [0.1, 0.15) is 11.9 Å². The molecule has 2 aliphatic rings. The van der Waals surface area contributed by atoms with Crippen molar-refractivity contribution in [2.45, 2.75) is 57.1 Å². The molecular weight excluding hydrogens is 302 g/mol. The number of halogens is 1. The first-order chi connectivity index (χ1) is 9.24. The van der Waals surface area contributed by atoms with Gasteiger partial charge in [0.05, 0.1) is 0 Å². The Morgan fingerprint density at radius 3 is 2.58 bits per heavy atom. The Morgan fingerprint density at radius 1 is 1.11 bits per heavy atom. The first-order valence-electron chi connectivity index (χ1n) is 7.46. The van der Waals surface area contributed by atoms with Crippen molar-refractivity contribution in [1.82, 2.24) is 0 Å². The Balaban J connectivity index is 1.78. The number of hydrogen-bond donors (Lipinski definition) is 1. The van der Waals surface area contributed by atoms with Gasteiger partial charge in [0.2, 0.25) is 0 Å². The smallest absolute Gasteiger partial charge is 0.124 e. The molecule has 1 unspecified atom stereocenters. The molecule has 0 saturated heterocycles. The van der Waals surface area contributed by atoms with E-state index in [4.69, 9.17) is 10.5 Å². The molecule has 1 heterocycles. The van der Waals surface area contributed by atoms with E-state index in [1.807, 2.05) is 6.07 Å². The molecule has 1 aromatic rings. The molecule has 2 atom stereocenters. The third-order valence-electron chi connectivity index (χ3n) is 4.56. The zero-order valence-electron chi connectivity index (χ0n) is 11.3. The third-order valence-corrected chi connectivity index (χ3v) is 5.05. The van der Waals surface area contributed by atoms with Gasteiger partial charge in [0, 0.05) is 22.5 Å². The van der Waals surface area contributed by atoms with Crippen LogP contribution in [0.5, 0.6) is 5.75 Å². The molecule has 1 fully saturated rings. The van der Waals surface area contributed by atoms with E-state index in [0.717, 1.165) is 22.2 Å². The van der Waals surface area contributed by atoms with Crippen LogP contribution in [0.25, 0.3) is 0 Å². The van der Waals surface area contributed by atoms with Crippen molar-refractivity contribution < 1.29 is 4.74 Å². The lowest BCUT2D eigenvalue weighted by Gasteiger charge is -2.35. The van der Waals surface area contributed by atoms with Crippen molar-refractivity contribution in [2.24, 2.45) is 11.7 Å². The van der Waals surface area contributed by atoms with Crippen molar-refractivity contribution in [3.8, 4) is 5.75 Å². The van der Waals surface area contributed by atoms with Gasteiger partial charge in [-0.3, -0.25) is 0 Å². The molecule has 1 aliphatic carbocycles. The van der Waals surface area contributed by atoms with E-state index in [-0.39, 0.29) is 6.04 Å². The highest BCUT2D eigenvalue weighted by molar-refractivity contribution is 9.10. The van der Waals surface area contributed by atoms with Crippen LogP contribution < -0.4 is 10.5 Å². The van der Waals surface area contributed by atoms with Gasteiger partial charge in [0.25, 0.3) is 0 Å². The molecule has 3 rings (SSSR count). The number of ether oxygens (including phenoxy) is 1. The fourth-order valence-electron chi connectivity index (χ4n) is 3.48. The normalized spacial score (nSPS) is 28.3. The summed E-state index contributed by atoms with van der Waals surface area (Å²) >= 11 is 3.51. The predicted molar refractivity (Wildman–Crippen MR) is 81.3 cm³/mol. The summed E-state index contributed by atoms with van der Waals surface area (Å²) in [6.45, 7) is 0. The second-order valence-corrected chi connectivity index (χ2v) is 6.85. The SMILES string of the molecule is N[C@H]1CC(C2CCCCCC2)Oc2ccc(Br)cc21. The number of benzene rings is 1. The maximum atomic E-state index is 6.35. The predicted octanol–water partition coefficient (Wildman–Crippen LogP) is 4.57. The Bertz CT molecular complexity index is 440. The van der Waals surface area contributed by atoms with Crippen LogP contribution in [0.4, 0.5) is 0 Å². The minimum absolute atomic E-state index is 0.120. The molecule has 0 radical (unpaired) electrons. The summed E-state index contributed by atoms with van der Waals surface area (Å²) in [5, 5.41) is 0. The highest BCUT2D eigenvalue weighted by Crippen LogP contribution is 2.39. The molecule has 1 aliphatic heterocycles. The fraction of sp³-hybridized carbons (Fsp3) is 0.625. The standard InChI is InChI=1S/C16H22BrNO/c17-12-7-8-15-13(9-12)14(18)10-16(19-15)11-5-3-1-2-4-6-11/h7-9,11,14,16H,1-6,10,18H2/t14-,16?/m0/s1. The lowest BCUT2D eigenvalue weighted by molar-refractivity contribution is 0.0905. The minimum Gasteiger partial charge on any atom is -0.490 e. The van der Waals surface area contributed by atoms with Crippen molar-refractivity contribution in [1.29, 1.82) is 0 Å². The number of nitrogens with two attached hydrogens (primary N) is 1. The first-order valence-corrected chi connectivity index (χ1v) is 8.25. The molecule has 19 heavy (non-hydrogen) atoms. The molecule has 2 N–H and O–H groups in total. The molecular formula is C16H22BrNO. The molecule has 0 aromatic heterocycles. The summed E-state index contributed by atoms with van der Waals surface area (Å²) in [5.74, 6) is 1.70. The molecule has 0 amide bonds. The van der Waals surface area contributed by atoms with Gasteiger partial charge in [-0.05, 0) is 37.0 Å². The van der Waals surface area contributed by atoms with E-state index in [1.165, 1.54) is 38.5 Å². The molecule has 3 heteroatoms. The second-order valence-electron chi connectivity index (χ2n) is 5.93. The van der Waals surface area contributed by atoms with Crippen LogP contribution in [-0.2, 0) is 0 Å². The van der Waals surface area contributed by atoms with Crippen LogP contribution in [0, 0.1) is 5.92 Å². The molecule has 104 valence electrons. The van der Waals surface area contributed by atoms with Crippen LogP contribution in [0.15, 0.2) is 22.7 Å². The van der Waals surface area contributed by atoms with E-state index in [2.05, 4.69) is 28.1 Å². The largest absolute Gasteiger partial charge is 0.490 e. The van der Waals surface area contributed by atoms with Crippen LogP contribution in [0.3, 0.4) is 0 Å². The molecule has 0 bridgehead atoms. The van der Waals surface area contributed by atoms with E-state index in [1.54, 1.807) is 0 Å². The summed E-state index contributed by atoms with van der Waals surface area (Å²) < 4.78 is 7.33. The zero-order valence-corrected chi connectivity index (χ0v) is 12.9. The summed E-state index contributed by atoms with van der Waals surface area (Å²) in [6, 6.07) is 6.32. The van der Waals surface area contributed by atoms with E-state index < -0.39 is 0 Å². The maximum Gasteiger partial charge on any atom is 0.124 e. The van der Waals surface area contributed by atoms with Gasteiger partial charge in [-0.25, -0.2) is 0 Å². The van der Waals surface area contributed by atoms with E-state index in [0.29, 0.717) is 12.0 Å². The lowest BCUT2D eigenvalue weighted by Crippen LogP contribution is -2.35. The Hall–Kier alpha value is -0.540. The van der Waals surface area contributed by atoms with E-state index >= 15 is 0 Å². The Labute approximate surface area is 123 Å². The van der Waals surface area contributed by atoms with Crippen molar-refractivity contribution in [3.05, 3.63) is 28.2 Å². The second kappa shape index (κ2) is 5.84. The molecule has 2 nitrogen and oxygen atoms in total. The molecule has 1 saturated carbocycles. The average molecular weight is 324 g/mol. The number of hydrogen-bond acceptors (Lipinski definition) is 2. The van der Waals surface area contributed by atoms with Gasteiger partial charge < -0.3 is 10.5 Å². The first kappa shape index (κ1) is 13.4. The lowest BCUT2D eigenvalue weighted by atomic mass is 9.86. The fourth-order valence-corrected chi connectivity index (χ4v) is 3.86. The van der Waals surface area contributed by atoms with Gasteiger partial charge in [-0.2, -0.15) is 0 Å².